The number of anilines is 1. The number of carbonyl (C=O) groups excluding carboxylic acids is 1. The molecule has 0 amide bonds. The SMILES string of the molecule is Nc1cc(C(=O)OCCCCc2ccccc2)ccc1F. The Hall–Kier alpha value is -2.36. The van der Waals surface area contributed by atoms with E-state index in [1.54, 1.807) is 0 Å². The minimum Gasteiger partial charge on any atom is -0.462 e. The van der Waals surface area contributed by atoms with Crippen LogP contribution in [0.5, 0.6) is 0 Å². The third kappa shape index (κ3) is 4.60. The van der Waals surface area contributed by atoms with Gasteiger partial charge in [0.2, 0.25) is 0 Å². The molecule has 0 radical (unpaired) electrons. The van der Waals surface area contributed by atoms with Crippen LogP contribution in [0.15, 0.2) is 48.5 Å². The average Bonchev–Trinajstić information content (AvgIpc) is 2.50. The maximum absolute atomic E-state index is 13.0. The van der Waals surface area contributed by atoms with Gasteiger partial charge in [0, 0.05) is 0 Å². The summed E-state index contributed by atoms with van der Waals surface area (Å²) in [7, 11) is 0. The molecule has 2 aromatic rings. The summed E-state index contributed by atoms with van der Waals surface area (Å²) in [5.74, 6) is -1.00. The second kappa shape index (κ2) is 7.43. The van der Waals surface area contributed by atoms with E-state index in [2.05, 4.69) is 12.1 Å². The van der Waals surface area contributed by atoms with Crippen molar-refractivity contribution in [1.29, 1.82) is 0 Å². The first-order valence-corrected chi connectivity index (χ1v) is 6.93. The topological polar surface area (TPSA) is 52.3 Å². The normalized spacial score (nSPS) is 10.3. The summed E-state index contributed by atoms with van der Waals surface area (Å²) in [5.41, 5.74) is 6.92. The van der Waals surface area contributed by atoms with Crippen molar-refractivity contribution in [2.24, 2.45) is 0 Å². The van der Waals surface area contributed by atoms with Crippen LogP contribution in [0.1, 0.15) is 28.8 Å². The summed E-state index contributed by atoms with van der Waals surface area (Å²) in [4.78, 5) is 11.7. The number of nitrogens with two attached hydrogens (primary N) is 1. The lowest BCUT2D eigenvalue weighted by molar-refractivity contribution is 0.0498. The van der Waals surface area contributed by atoms with Crippen LogP contribution >= 0.6 is 0 Å². The van der Waals surface area contributed by atoms with E-state index in [0.29, 0.717) is 6.61 Å². The number of rotatable bonds is 6. The van der Waals surface area contributed by atoms with Gasteiger partial charge in [-0.05, 0) is 43.0 Å². The van der Waals surface area contributed by atoms with Gasteiger partial charge in [0.05, 0.1) is 17.9 Å². The quantitative estimate of drug-likeness (QED) is 0.502. The van der Waals surface area contributed by atoms with Crippen molar-refractivity contribution in [3.8, 4) is 0 Å². The summed E-state index contributed by atoms with van der Waals surface area (Å²) in [6.45, 7) is 0.350. The van der Waals surface area contributed by atoms with Crippen molar-refractivity contribution in [2.75, 3.05) is 12.3 Å². The van der Waals surface area contributed by atoms with E-state index in [1.165, 1.54) is 23.8 Å². The molecule has 3 nitrogen and oxygen atoms in total. The summed E-state index contributed by atoms with van der Waals surface area (Å²) < 4.78 is 18.1. The fraction of sp³-hybridized carbons (Fsp3) is 0.235. The Kier molecular flexibility index (Phi) is 5.32. The summed E-state index contributed by atoms with van der Waals surface area (Å²) >= 11 is 0. The molecule has 0 bridgehead atoms. The van der Waals surface area contributed by atoms with Crippen molar-refractivity contribution in [3.63, 3.8) is 0 Å². The van der Waals surface area contributed by atoms with Crippen LogP contribution in [0, 0.1) is 5.82 Å². The van der Waals surface area contributed by atoms with Crippen LogP contribution in [-0.4, -0.2) is 12.6 Å². The molecule has 2 N–H and O–H groups in total. The van der Waals surface area contributed by atoms with Gasteiger partial charge in [-0.1, -0.05) is 30.3 Å². The van der Waals surface area contributed by atoms with Crippen LogP contribution in [0.2, 0.25) is 0 Å². The largest absolute Gasteiger partial charge is 0.462 e. The molecule has 0 atom stereocenters. The van der Waals surface area contributed by atoms with Gasteiger partial charge in [0.25, 0.3) is 0 Å². The lowest BCUT2D eigenvalue weighted by atomic mass is 10.1. The minimum atomic E-state index is -0.533. The molecule has 4 heteroatoms. The summed E-state index contributed by atoms with van der Waals surface area (Å²) in [6, 6.07) is 14.0. The van der Waals surface area contributed by atoms with Gasteiger partial charge in [-0.25, -0.2) is 9.18 Å². The third-order valence-electron chi connectivity index (χ3n) is 3.17. The highest BCUT2D eigenvalue weighted by atomic mass is 19.1. The number of ether oxygens (including phenoxy) is 1. The van der Waals surface area contributed by atoms with E-state index < -0.39 is 11.8 Å². The van der Waals surface area contributed by atoms with Gasteiger partial charge < -0.3 is 10.5 Å². The second-order valence-corrected chi connectivity index (χ2v) is 4.81. The van der Waals surface area contributed by atoms with E-state index in [-0.39, 0.29) is 11.3 Å². The zero-order chi connectivity index (χ0) is 15.1. The van der Waals surface area contributed by atoms with E-state index in [0.717, 1.165) is 19.3 Å². The number of nitrogen functional groups attached to an aromatic ring is 1. The minimum absolute atomic E-state index is 0.0477. The maximum Gasteiger partial charge on any atom is 0.338 e. The average molecular weight is 287 g/mol. The first-order chi connectivity index (χ1) is 10.2. The molecule has 0 heterocycles. The van der Waals surface area contributed by atoms with Crippen LogP contribution in [0.25, 0.3) is 0 Å². The highest BCUT2D eigenvalue weighted by Gasteiger charge is 2.09. The predicted octanol–water partition coefficient (Wildman–Crippen LogP) is 3.59. The Labute approximate surface area is 123 Å². The number of carbonyl (C=O) groups is 1. The lowest BCUT2D eigenvalue weighted by Gasteiger charge is -2.06. The first kappa shape index (κ1) is 15.0. The van der Waals surface area contributed by atoms with Crippen molar-refractivity contribution in [3.05, 3.63) is 65.5 Å². The smallest absolute Gasteiger partial charge is 0.338 e. The molecule has 0 fully saturated rings. The lowest BCUT2D eigenvalue weighted by Crippen LogP contribution is -2.07. The Morgan fingerprint density at radius 3 is 2.57 bits per heavy atom. The number of benzene rings is 2. The fourth-order valence-electron chi connectivity index (χ4n) is 1.99. The molecule has 0 saturated heterocycles. The van der Waals surface area contributed by atoms with Crippen LogP contribution in [0.3, 0.4) is 0 Å². The Morgan fingerprint density at radius 2 is 1.86 bits per heavy atom. The summed E-state index contributed by atoms with van der Waals surface area (Å²) in [6.07, 6.45) is 2.70. The van der Waals surface area contributed by atoms with Crippen molar-refractivity contribution in [2.45, 2.75) is 19.3 Å². The van der Waals surface area contributed by atoms with E-state index >= 15 is 0 Å². The van der Waals surface area contributed by atoms with Gasteiger partial charge >= 0.3 is 5.97 Å². The predicted molar refractivity (Wildman–Crippen MR) is 80.5 cm³/mol. The molecule has 0 aliphatic rings. The number of hydrogen-bond acceptors (Lipinski definition) is 3. The van der Waals surface area contributed by atoms with E-state index in [1.807, 2.05) is 18.2 Å². The zero-order valence-electron chi connectivity index (χ0n) is 11.7. The Morgan fingerprint density at radius 1 is 1.10 bits per heavy atom. The highest BCUT2D eigenvalue weighted by Crippen LogP contribution is 2.13. The molecule has 0 aromatic heterocycles. The van der Waals surface area contributed by atoms with Gasteiger partial charge in [-0.3, -0.25) is 0 Å². The van der Waals surface area contributed by atoms with Crippen molar-refractivity contribution in [1.82, 2.24) is 0 Å². The van der Waals surface area contributed by atoms with Crippen LogP contribution in [0.4, 0.5) is 10.1 Å². The second-order valence-electron chi connectivity index (χ2n) is 4.81. The van der Waals surface area contributed by atoms with Crippen molar-refractivity contribution < 1.29 is 13.9 Å². The first-order valence-electron chi connectivity index (χ1n) is 6.93. The van der Waals surface area contributed by atoms with Gasteiger partial charge in [-0.15, -0.1) is 0 Å². The maximum atomic E-state index is 13.0. The number of hydrogen-bond donors (Lipinski definition) is 1. The molecule has 0 aliphatic heterocycles. The number of unbranched alkanes of at least 4 members (excludes halogenated alkanes) is 1. The molecule has 110 valence electrons. The Bertz CT molecular complexity index is 599. The molecule has 2 rings (SSSR count). The van der Waals surface area contributed by atoms with E-state index in [9.17, 15) is 9.18 Å². The number of esters is 1. The van der Waals surface area contributed by atoms with Crippen LogP contribution in [-0.2, 0) is 11.2 Å². The van der Waals surface area contributed by atoms with Gasteiger partial charge in [0.1, 0.15) is 5.82 Å². The van der Waals surface area contributed by atoms with E-state index in [4.69, 9.17) is 10.5 Å². The summed E-state index contributed by atoms with van der Waals surface area (Å²) in [5, 5.41) is 0. The standard InChI is InChI=1S/C17H18FNO2/c18-15-10-9-14(12-16(15)19)17(20)21-11-5-4-8-13-6-2-1-3-7-13/h1-3,6-7,9-10,12H,4-5,8,11,19H2. The third-order valence-corrected chi connectivity index (χ3v) is 3.17. The van der Waals surface area contributed by atoms with Crippen molar-refractivity contribution >= 4 is 11.7 Å². The van der Waals surface area contributed by atoms with Crippen LogP contribution < -0.4 is 5.73 Å². The van der Waals surface area contributed by atoms with Gasteiger partial charge in [0.15, 0.2) is 0 Å². The van der Waals surface area contributed by atoms with Gasteiger partial charge in [-0.2, -0.15) is 0 Å². The molecule has 0 saturated carbocycles. The number of halogens is 1. The molecule has 0 spiro atoms. The molecule has 21 heavy (non-hydrogen) atoms. The molecular formula is C17H18FNO2. The molecule has 2 aromatic carbocycles. The zero-order valence-corrected chi connectivity index (χ0v) is 11.7. The Balaban J connectivity index is 1.71. The molecule has 0 unspecified atom stereocenters. The highest BCUT2D eigenvalue weighted by molar-refractivity contribution is 5.90. The monoisotopic (exact) mass is 287 g/mol. The molecule has 0 aliphatic carbocycles. The fourth-order valence-corrected chi connectivity index (χ4v) is 1.99. The number of aryl methyl sites for hydroxylation is 1. The molecular weight excluding hydrogens is 269 g/mol.